The van der Waals surface area contributed by atoms with Gasteiger partial charge in [-0.3, -0.25) is 14.7 Å². The zero-order valence-electron chi connectivity index (χ0n) is 14.1. The van der Waals surface area contributed by atoms with E-state index in [1.807, 2.05) is 24.4 Å². The van der Waals surface area contributed by atoms with E-state index < -0.39 is 0 Å². The average Bonchev–Trinajstić information content (AvgIpc) is 3.26. The maximum Gasteiger partial charge on any atom is 0.274 e. The van der Waals surface area contributed by atoms with Gasteiger partial charge in [-0.1, -0.05) is 13.8 Å². The molecular weight excluding hydrogens is 324 g/mol. The fraction of sp³-hybridized carbons (Fsp3) is 0.471. The smallest absolute Gasteiger partial charge is 0.274 e. The molecule has 0 aromatic carbocycles. The molecule has 2 amide bonds. The van der Waals surface area contributed by atoms with Crippen molar-refractivity contribution < 1.29 is 9.59 Å². The van der Waals surface area contributed by atoms with Gasteiger partial charge in [0.15, 0.2) is 0 Å². The molecule has 128 valence electrons. The molecule has 0 aliphatic carbocycles. The lowest BCUT2D eigenvalue weighted by atomic mass is 10.1. The number of rotatable bonds is 4. The number of hydrogen-bond acceptors (Lipinski definition) is 4. The topological polar surface area (TPSA) is 78.1 Å². The van der Waals surface area contributed by atoms with E-state index in [-0.39, 0.29) is 17.9 Å². The number of H-pyrrole nitrogens is 1. The molecule has 7 heteroatoms. The van der Waals surface area contributed by atoms with Gasteiger partial charge in [-0.25, -0.2) is 0 Å². The molecule has 1 aliphatic heterocycles. The normalized spacial score (nSPS) is 17.5. The van der Waals surface area contributed by atoms with Gasteiger partial charge in [0, 0.05) is 24.8 Å². The molecule has 2 aromatic heterocycles. The molecule has 0 bridgehead atoms. The number of thiophene rings is 1. The summed E-state index contributed by atoms with van der Waals surface area (Å²) in [6.45, 7) is 7.20. The van der Waals surface area contributed by atoms with Crippen LogP contribution in [0.3, 0.4) is 0 Å². The maximum absolute atomic E-state index is 12.5. The van der Waals surface area contributed by atoms with Gasteiger partial charge in [-0.15, -0.1) is 11.3 Å². The first kappa shape index (κ1) is 16.7. The lowest BCUT2D eigenvalue weighted by Gasteiger charge is -2.16. The van der Waals surface area contributed by atoms with Gasteiger partial charge in [0.1, 0.15) is 5.69 Å². The molecule has 3 heterocycles. The van der Waals surface area contributed by atoms with Crippen molar-refractivity contribution in [2.24, 2.45) is 0 Å². The van der Waals surface area contributed by atoms with E-state index in [2.05, 4.69) is 29.4 Å². The fourth-order valence-electron chi connectivity index (χ4n) is 2.82. The van der Waals surface area contributed by atoms with Crippen molar-refractivity contribution in [1.29, 1.82) is 0 Å². The second-order valence-electron chi connectivity index (χ2n) is 6.51. The predicted molar refractivity (Wildman–Crippen MR) is 93.5 cm³/mol. The van der Waals surface area contributed by atoms with Crippen LogP contribution in [0.5, 0.6) is 0 Å². The van der Waals surface area contributed by atoms with Crippen LogP contribution in [0, 0.1) is 6.92 Å². The lowest BCUT2D eigenvalue weighted by molar-refractivity contribution is 0.0777. The molecule has 1 unspecified atom stereocenters. The quantitative estimate of drug-likeness (QED) is 0.893. The number of aromatic nitrogens is 2. The first-order valence-electron chi connectivity index (χ1n) is 8.15. The number of carbonyl (C=O) groups excluding carboxylic acids is 2. The summed E-state index contributed by atoms with van der Waals surface area (Å²) in [5, 5.41) is 12.0. The van der Waals surface area contributed by atoms with Crippen LogP contribution in [0.4, 0.5) is 0 Å². The number of aryl methyl sites for hydroxylation is 1. The maximum atomic E-state index is 12.5. The second kappa shape index (κ2) is 6.76. The van der Waals surface area contributed by atoms with E-state index in [9.17, 15) is 9.59 Å². The first-order valence-corrected chi connectivity index (χ1v) is 9.03. The van der Waals surface area contributed by atoms with Crippen molar-refractivity contribution in [1.82, 2.24) is 20.4 Å². The number of aromatic amines is 1. The second-order valence-corrected chi connectivity index (χ2v) is 7.42. The van der Waals surface area contributed by atoms with Gasteiger partial charge < -0.3 is 10.2 Å². The van der Waals surface area contributed by atoms with E-state index in [0.717, 1.165) is 22.6 Å². The van der Waals surface area contributed by atoms with Crippen molar-refractivity contribution in [2.75, 3.05) is 13.1 Å². The van der Waals surface area contributed by atoms with Crippen LogP contribution in [-0.2, 0) is 0 Å². The predicted octanol–water partition coefficient (Wildman–Crippen LogP) is 2.55. The molecule has 2 aromatic rings. The Balaban J connectivity index is 1.59. The molecule has 3 rings (SSSR count). The van der Waals surface area contributed by atoms with E-state index in [0.29, 0.717) is 24.7 Å². The highest BCUT2D eigenvalue weighted by Crippen LogP contribution is 2.19. The number of carbonyl (C=O) groups is 2. The number of likely N-dealkylation sites (tertiary alicyclic amines) is 1. The third-order valence-corrected chi connectivity index (χ3v) is 5.33. The van der Waals surface area contributed by atoms with E-state index in [1.165, 1.54) is 11.3 Å². The highest BCUT2D eigenvalue weighted by Gasteiger charge is 2.29. The van der Waals surface area contributed by atoms with Crippen LogP contribution in [0.25, 0.3) is 0 Å². The van der Waals surface area contributed by atoms with E-state index in [4.69, 9.17) is 0 Å². The largest absolute Gasteiger partial charge is 0.347 e. The molecule has 0 radical (unpaired) electrons. The number of nitrogens with one attached hydrogen (secondary N) is 2. The van der Waals surface area contributed by atoms with Gasteiger partial charge in [0.2, 0.25) is 0 Å². The Hall–Kier alpha value is -2.15. The zero-order chi connectivity index (χ0) is 17.3. The minimum absolute atomic E-state index is 0.00791. The third-order valence-electron chi connectivity index (χ3n) is 4.32. The van der Waals surface area contributed by atoms with Crippen LogP contribution in [0.15, 0.2) is 17.5 Å². The number of nitrogens with zero attached hydrogens (tertiary/aromatic N) is 2. The Labute approximate surface area is 145 Å². The van der Waals surface area contributed by atoms with E-state index >= 15 is 0 Å². The molecule has 0 saturated carbocycles. The highest BCUT2D eigenvalue weighted by molar-refractivity contribution is 7.12. The minimum Gasteiger partial charge on any atom is -0.347 e. The summed E-state index contributed by atoms with van der Waals surface area (Å²) in [4.78, 5) is 27.3. The molecule has 0 spiro atoms. The Bertz CT molecular complexity index is 749. The molecule has 1 aliphatic rings. The van der Waals surface area contributed by atoms with Crippen LogP contribution in [0.2, 0.25) is 0 Å². The summed E-state index contributed by atoms with van der Waals surface area (Å²) >= 11 is 1.44. The SMILES string of the molecule is Cc1ccsc1C(=O)NC1CCN(C(=O)c2cc(C(C)C)[nH]n2)C1. The molecule has 1 saturated heterocycles. The Morgan fingerprint density at radius 1 is 1.46 bits per heavy atom. The monoisotopic (exact) mass is 346 g/mol. The summed E-state index contributed by atoms with van der Waals surface area (Å²) in [7, 11) is 0. The van der Waals surface area contributed by atoms with Gasteiger partial charge in [0.25, 0.3) is 11.8 Å². The summed E-state index contributed by atoms with van der Waals surface area (Å²) in [6.07, 6.45) is 0.767. The summed E-state index contributed by atoms with van der Waals surface area (Å²) in [6, 6.07) is 3.74. The fourth-order valence-corrected chi connectivity index (χ4v) is 3.65. The third kappa shape index (κ3) is 3.36. The molecule has 1 fully saturated rings. The highest BCUT2D eigenvalue weighted by atomic mass is 32.1. The Kier molecular flexibility index (Phi) is 4.71. The van der Waals surface area contributed by atoms with Crippen molar-refractivity contribution in [3.05, 3.63) is 39.3 Å². The van der Waals surface area contributed by atoms with Gasteiger partial charge in [-0.2, -0.15) is 5.10 Å². The standard InChI is InChI=1S/C17H22N4O2S/c1-10(2)13-8-14(20-19-13)17(23)21-6-4-12(9-21)18-16(22)15-11(3)5-7-24-15/h5,7-8,10,12H,4,6,9H2,1-3H3,(H,18,22)(H,19,20). The Morgan fingerprint density at radius 2 is 2.25 bits per heavy atom. The van der Waals surface area contributed by atoms with Crippen LogP contribution >= 0.6 is 11.3 Å². The number of hydrogen-bond donors (Lipinski definition) is 2. The molecule has 1 atom stereocenters. The number of amides is 2. The molecule has 24 heavy (non-hydrogen) atoms. The average molecular weight is 346 g/mol. The summed E-state index contributed by atoms with van der Waals surface area (Å²) in [5.41, 5.74) is 2.39. The lowest BCUT2D eigenvalue weighted by Crippen LogP contribution is -2.38. The van der Waals surface area contributed by atoms with Crippen LogP contribution < -0.4 is 5.32 Å². The zero-order valence-corrected chi connectivity index (χ0v) is 14.9. The Morgan fingerprint density at radius 3 is 2.88 bits per heavy atom. The van der Waals surface area contributed by atoms with Crippen LogP contribution in [0.1, 0.15) is 57.6 Å². The summed E-state index contributed by atoms with van der Waals surface area (Å²) in [5.74, 6) is 0.171. The minimum atomic E-state index is -0.0813. The van der Waals surface area contributed by atoms with Crippen LogP contribution in [-0.4, -0.2) is 46.0 Å². The molecule has 6 nitrogen and oxygen atoms in total. The van der Waals surface area contributed by atoms with Crippen molar-refractivity contribution in [3.63, 3.8) is 0 Å². The van der Waals surface area contributed by atoms with Gasteiger partial charge in [-0.05, 0) is 42.3 Å². The van der Waals surface area contributed by atoms with Gasteiger partial charge in [0.05, 0.1) is 4.88 Å². The first-order chi connectivity index (χ1) is 11.5. The van der Waals surface area contributed by atoms with Gasteiger partial charge >= 0.3 is 0 Å². The van der Waals surface area contributed by atoms with Crippen molar-refractivity contribution >= 4 is 23.2 Å². The molecular formula is C17H22N4O2S. The molecule has 2 N–H and O–H groups in total. The van der Waals surface area contributed by atoms with Crippen molar-refractivity contribution in [3.8, 4) is 0 Å². The van der Waals surface area contributed by atoms with E-state index in [1.54, 1.807) is 4.90 Å². The summed E-state index contributed by atoms with van der Waals surface area (Å²) < 4.78 is 0. The van der Waals surface area contributed by atoms with Crippen molar-refractivity contribution in [2.45, 2.75) is 39.2 Å².